The van der Waals surface area contributed by atoms with Gasteiger partial charge in [-0.05, 0) is 25.7 Å². The van der Waals surface area contributed by atoms with Crippen molar-refractivity contribution in [2.24, 2.45) is 5.41 Å². The maximum absolute atomic E-state index is 11.0. The summed E-state index contributed by atoms with van der Waals surface area (Å²) in [5, 5.41) is 9.06. The Bertz CT molecular complexity index is 210. The van der Waals surface area contributed by atoms with Crippen LogP contribution in [0.2, 0.25) is 0 Å². The van der Waals surface area contributed by atoms with Crippen LogP contribution in [0.5, 0.6) is 0 Å². The molecule has 0 saturated heterocycles. The molecule has 2 fully saturated rings. The molecule has 1 N–H and O–H groups in total. The van der Waals surface area contributed by atoms with Crippen LogP contribution in [0.25, 0.3) is 0 Å². The van der Waals surface area contributed by atoms with Crippen molar-refractivity contribution >= 4 is 5.97 Å². The summed E-state index contributed by atoms with van der Waals surface area (Å²) in [6.07, 6.45) is 4.96. The number of carboxylic acid groups (broad SMARTS) is 1. The van der Waals surface area contributed by atoms with E-state index < -0.39 is 11.6 Å². The first-order valence-corrected chi connectivity index (χ1v) is 4.45. The maximum Gasteiger partial charge on any atom is 0.336 e. The standard InChI is InChI=1S/C9H14O3/c1-12-9(7(10)11)6-5-8(9)3-2-4-8/h2-6H2,1H3,(H,10,11). The van der Waals surface area contributed by atoms with Gasteiger partial charge in [-0.3, -0.25) is 0 Å². The van der Waals surface area contributed by atoms with Crippen molar-refractivity contribution in [3.05, 3.63) is 0 Å². The van der Waals surface area contributed by atoms with E-state index in [0.29, 0.717) is 6.42 Å². The lowest BCUT2D eigenvalue weighted by molar-refractivity contribution is -0.233. The molecule has 0 bridgehead atoms. The lowest BCUT2D eigenvalue weighted by Crippen LogP contribution is -2.66. The number of carboxylic acids is 1. The quantitative estimate of drug-likeness (QED) is 0.681. The lowest BCUT2D eigenvalue weighted by atomic mass is 9.47. The number of hydrogen-bond donors (Lipinski definition) is 1. The average Bonchev–Trinajstić information content (AvgIpc) is 1.82. The Kier molecular flexibility index (Phi) is 1.49. The highest BCUT2D eigenvalue weighted by molar-refractivity contribution is 5.80. The third kappa shape index (κ3) is 0.637. The Hall–Kier alpha value is -0.570. The molecule has 0 aromatic heterocycles. The Morgan fingerprint density at radius 1 is 1.33 bits per heavy atom. The highest BCUT2D eigenvalue weighted by Crippen LogP contribution is 2.63. The van der Waals surface area contributed by atoms with Crippen LogP contribution in [0.1, 0.15) is 32.1 Å². The molecular weight excluding hydrogens is 156 g/mol. The van der Waals surface area contributed by atoms with Gasteiger partial charge in [0.1, 0.15) is 0 Å². The average molecular weight is 170 g/mol. The van der Waals surface area contributed by atoms with Crippen LogP contribution in [-0.4, -0.2) is 23.8 Å². The van der Waals surface area contributed by atoms with Gasteiger partial charge in [-0.15, -0.1) is 0 Å². The SMILES string of the molecule is COC1(C(=O)O)CCC12CCC2. The molecule has 2 rings (SSSR count). The summed E-state index contributed by atoms with van der Waals surface area (Å²) in [5.41, 5.74) is -0.821. The van der Waals surface area contributed by atoms with Gasteiger partial charge in [-0.2, -0.15) is 0 Å². The van der Waals surface area contributed by atoms with Crippen LogP contribution in [0, 0.1) is 5.41 Å². The zero-order chi connectivity index (χ0) is 8.82. The molecule has 0 aliphatic heterocycles. The normalized spacial score (nSPS) is 37.1. The molecule has 1 unspecified atom stereocenters. The predicted molar refractivity (Wildman–Crippen MR) is 42.9 cm³/mol. The van der Waals surface area contributed by atoms with Gasteiger partial charge < -0.3 is 9.84 Å². The summed E-state index contributed by atoms with van der Waals surface area (Å²) in [4.78, 5) is 11.0. The number of methoxy groups -OCH3 is 1. The van der Waals surface area contributed by atoms with E-state index in [2.05, 4.69) is 0 Å². The second-order valence-corrected chi connectivity index (χ2v) is 3.97. The smallest absolute Gasteiger partial charge is 0.336 e. The minimum absolute atomic E-state index is 0.00752. The summed E-state index contributed by atoms with van der Waals surface area (Å²) in [7, 11) is 1.52. The number of rotatable bonds is 2. The van der Waals surface area contributed by atoms with Gasteiger partial charge in [0.05, 0.1) is 0 Å². The first-order valence-electron chi connectivity index (χ1n) is 4.45. The van der Waals surface area contributed by atoms with Gasteiger partial charge >= 0.3 is 5.97 Å². The third-order valence-electron chi connectivity index (χ3n) is 3.82. The Labute approximate surface area is 71.7 Å². The molecule has 0 heterocycles. The van der Waals surface area contributed by atoms with Crippen molar-refractivity contribution in [3.63, 3.8) is 0 Å². The molecule has 1 atom stereocenters. The van der Waals surface area contributed by atoms with Crippen LogP contribution in [0.15, 0.2) is 0 Å². The second-order valence-electron chi connectivity index (χ2n) is 3.97. The number of aliphatic carboxylic acids is 1. The fourth-order valence-corrected chi connectivity index (χ4v) is 2.70. The van der Waals surface area contributed by atoms with Crippen LogP contribution in [-0.2, 0) is 9.53 Å². The molecule has 2 aliphatic rings. The largest absolute Gasteiger partial charge is 0.479 e. The number of hydrogen-bond acceptors (Lipinski definition) is 2. The molecular formula is C9H14O3. The second kappa shape index (κ2) is 2.22. The summed E-state index contributed by atoms with van der Waals surface area (Å²) in [6, 6.07) is 0. The van der Waals surface area contributed by atoms with E-state index in [1.165, 1.54) is 13.5 Å². The van der Waals surface area contributed by atoms with Crippen LogP contribution < -0.4 is 0 Å². The van der Waals surface area contributed by atoms with Crippen molar-refractivity contribution in [2.45, 2.75) is 37.7 Å². The van der Waals surface area contributed by atoms with E-state index >= 15 is 0 Å². The van der Waals surface area contributed by atoms with Crippen molar-refractivity contribution in [3.8, 4) is 0 Å². The van der Waals surface area contributed by atoms with E-state index in [4.69, 9.17) is 9.84 Å². The number of ether oxygens (including phenoxy) is 1. The van der Waals surface area contributed by atoms with Gasteiger partial charge in [0.2, 0.25) is 0 Å². The van der Waals surface area contributed by atoms with Crippen molar-refractivity contribution in [1.82, 2.24) is 0 Å². The fraction of sp³-hybridized carbons (Fsp3) is 0.889. The third-order valence-corrected chi connectivity index (χ3v) is 3.82. The van der Waals surface area contributed by atoms with Crippen LogP contribution >= 0.6 is 0 Å². The first kappa shape index (κ1) is 8.05. The van der Waals surface area contributed by atoms with Crippen molar-refractivity contribution in [2.75, 3.05) is 7.11 Å². The summed E-state index contributed by atoms with van der Waals surface area (Å²) in [5.74, 6) is -0.768. The van der Waals surface area contributed by atoms with Gasteiger partial charge in [0, 0.05) is 12.5 Å². The van der Waals surface area contributed by atoms with Gasteiger partial charge in [-0.1, -0.05) is 6.42 Å². The zero-order valence-corrected chi connectivity index (χ0v) is 7.30. The van der Waals surface area contributed by atoms with E-state index in [9.17, 15) is 4.79 Å². The molecule has 68 valence electrons. The van der Waals surface area contributed by atoms with Crippen LogP contribution in [0.4, 0.5) is 0 Å². The monoisotopic (exact) mass is 170 g/mol. The molecule has 0 amide bonds. The molecule has 2 saturated carbocycles. The molecule has 2 aliphatic carbocycles. The molecule has 0 radical (unpaired) electrons. The highest BCUT2D eigenvalue weighted by atomic mass is 16.5. The number of carbonyl (C=O) groups is 1. The summed E-state index contributed by atoms with van der Waals surface area (Å²) >= 11 is 0. The molecule has 3 heteroatoms. The molecule has 0 aromatic carbocycles. The Morgan fingerprint density at radius 2 is 2.00 bits per heavy atom. The maximum atomic E-state index is 11.0. The highest BCUT2D eigenvalue weighted by Gasteiger charge is 2.66. The zero-order valence-electron chi connectivity index (χ0n) is 7.30. The fourth-order valence-electron chi connectivity index (χ4n) is 2.70. The van der Waals surface area contributed by atoms with Gasteiger partial charge in [-0.25, -0.2) is 4.79 Å². The first-order chi connectivity index (χ1) is 5.67. The predicted octanol–water partition coefficient (Wildman–Crippen LogP) is 1.42. The molecule has 1 spiro atoms. The summed E-state index contributed by atoms with van der Waals surface area (Å²) < 4.78 is 5.19. The Morgan fingerprint density at radius 3 is 2.08 bits per heavy atom. The van der Waals surface area contributed by atoms with E-state index in [-0.39, 0.29) is 5.41 Å². The van der Waals surface area contributed by atoms with Gasteiger partial charge in [0.25, 0.3) is 0 Å². The van der Waals surface area contributed by atoms with Crippen molar-refractivity contribution < 1.29 is 14.6 Å². The molecule has 0 aromatic rings. The molecule has 12 heavy (non-hydrogen) atoms. The van der Waals surface area contributed by atoms with Crippen LogP contribution in [0.3, 0.4) is 0 Å². The van der Waals surface area contributed by atoms with Crippen molar-refractivity contribution in [1.29, 1.82) is 0 Å². The lowest BCUT2D eigenvalue weighted by Gasteiger charge is -2.60. The van der Waals surface area contributed by atoms with E-state index in [1.54, 1.807) is 0 Å². The molecule has 3 nitrogen and oxygen atoms in total. The van der Waals surface area contributed by atoms with Gasteiger partial charge in [0.15, 0.2) is 5.60 Å². The van der Waals surface area contributed by atoms with E-state index in [0.717, 1.165) is 19.3 Å². The van der Waals surface area contributed by atoms with E-state index in [1.807, 2.05) is 0 Å². The minimum Gasteiger partial charge on any atom is -0.479 e. The Balaban J connectivity index is 2.23. The topological polar surface area (TPSA) is 46.5 Å². The minimum atomic E-state index is -0.828. The summed E-state index contributed by atoms with van der Waals surface area (Å²) in [6.45, 7) is 0.